The van der Waals surface area contributed by atoms with Crippen molar-refractivity contribution in [3.8, 4) is 5.69 Å². The van der Waals surface area contributed by atoms with E-state index in [1.54, 1.807) is 13.0 Å². The Morgan fingerprint density at radius 3 is 2.45 bits per heavy atom. The average molecular weight is 429 g/mol. The smallest absolute Gasteiger partial charge is 0.339 e. The molecule has 4 rings (SSSR count). The molecule has 0 aliphatic carbocycles. The predicted molar refractivity (Wildman–Crippen MR) is 106 cm³/mol. The SMILES string of the molecule is Cc1c(C(=O)N2CC[C@@H]3CNC[C@@H]3CC2)cnn1-c1cccc(C(F)(F)F)c1.Cl. The van der Waals surface area contributed by atoms with Crippen LogP contribution in [-0.4, -0.2) is 46.8 Å². The van der Waals surface area contributed by atoms with Gasteiger partial charge in [0.15, 0.2) is 0 Å². The maximum atomic E-state index is 13.0. The van der Waals surface area contributed by atoms with Crippen LogP contribution in [0.5, 0.6) is 0 Å². The topological polar surface area (TPSA) is 50.2 Å². The van der Waals surface area contributed by atoms with Crippen LogP contribution in [0.1, 0.15) is 34.5 Å². The van der Waals surface area contributed by atoms with Gasteiger partial charge >= 0.3 is 6.18 Å². The molecule has 5 nitrogen and oxygen atoms in total. The van der Waals surface area contributed by atoms with Crippen molar-refractivity contribution in [1.29, 1.82) is 0 Å². The van der Waals surface area contributed by atoms with Gasteiger partial charge < -0.3 is 10.2 Å². The summed E-state index contributed by atoms with van der Waals surface area (Å²) in [6.07, 6.45) is -1.01. The van der Waals surface area contributed by atoms with E-state index in [-0.39, 0.29) is 18.3 Å². The second kappa shape index (κ2) is 8.36. The number of aromatic nitrogens is 2. The molecule has 2 aromatic rings. The van der Waals surface area contributed by atoms with Crippen molar-refractivity contribution in [3.05, 3.63) is 47.3 Å². The summed E-state index contributed by atoms with van der Waals surface area (Å²) in [6, 6.07) is 4.98. The number of fused-ring (bicyclic) bond motifs is 1. The summed E-state index contributed by atoms with van der Waals surface area (Å²) in [4.78, 5) is 14.9. The van der Waals surface area contributed by atoms with Crippen molar-refractivity contribution in [2.24, 2.45) is 11.8 Å². The van der Waals surface area contributed by atoms with E-state index in [2.05, 4.69) is 10.4 Å². The van der Waals surface area contributed by atoms with Crippen molar-refractivity contribution in [3.63, 3.8) is 0 Å². The molecule has 2 fully saturated rings. The fraction of sp³-hybridized carbons (Fsp3) is 0.500. The van der Waals surface area contributed by atoms with Gasteiger partial charge in [-0.05, 0) is 62.9 Å². The average Bonchev–Trinajstić information content (AvgIpc) is 3.22. The summed E-state index contributed by atoms with van der Waals surface area (Å²) < 4.78 is 40.4. The lowest BCUT2D eigenvalue weighted by Crippen LogP contribution is -2.33. The molecule has 3 heterocycles. The number of nitrogens with one attached hydrogen (secondary N) is 1. The zero-order valence-corrected chi connectivity index (χ0v) is 16.9. The zero-order valence-electron chi connectivity index (χ0n) is 16.1. The Balaban J connectivity index is 0.00000240. The number of rotatable bonds is 2. The third kappa shape index (κ3) is 4.28. The normalized spacial score (nSPS) is 22.0. The first kappa shape index (κ1) is 21.6. The standard InChI is InChI=1S/C20H23F3N4O.ClH/c1-13-18(19(28)26-7-5-14-10-24-11-15(14)6-8-26)12-25-27(13)17-4-2-3-16(9-17)20(21,22)23;/h2-4,9,12,14-15,24H,5-8,10-11H2,1H3;1H/t14-,15+;. The van der Waals surface area contributed by atoms with Gasteiger partial charge in [0.25, 0.3) is 5.91 Å². The van der Waals surface area contributed by atoms with Gasteiger partial charge in [0.05, 0.1) is 28.7 Å². The van der Waals surface area contributed by atoms with Crippen LogP contribution >= 0.6 is 12.4 Å². The Bertz CT molecular complexity index is 869. The minimum absolute atomic E-state index is 0. The molecule has 0 unspecified atom stereocenters. The van der Waals surface area contributed by atoms with E-state index in [0.717, 1.165) is 38.1 Å². The van der Waals surface area contributed by atoms with E-state index < -0.39 is 11.7 Å². The van der Waals surface area contributed by atoms with Crippen LogP contribution in [0.15, 0.2) is 30.5 Å². The number of benzene rings is 1. The first-order valence-corrected chi connectivity index (χ1v) is 9.57. The Kier molecular flexibility index (Phi) is 6.24. The molecule has 1 aromatic heterocycles. The van der Waals surface area contributed by atoms with E-state index in [1.165, 1.54) is 16.9 Å². The molecule has 158 valence electrons. The van der Waals surface area contributed by atoms with E-state index in [1.807, 2.05) is 4.90 Å². The lowest BCUT2D eigenvalue weighted by Gasteiger charge is -2.20. The fourth-order valence-corrected chi connectivity index (χ4v) is 4.29. The molecule has 0 radical (unpaired) electrons. The number of amides is 1. The monoisotopic (exact) mass is 428 g/mol. The second-order valence-corrected chi connectivity index (χ2v) is 7.65. The number of likely N-dealkylation sites (tertiary alicyclic amines) is 1. The lowest BCUT2D eigenvalue weighted by atomic mass is 9.92. The number of nitrogens with zero attached hydrogens (tertiary/aromatic N) is 3. The van der Waals surface area contributed by atoms with E-state index >= 15 is 0 Å². The van der Waals surface area contributed by atoms with Crippen LogP contribution in [0.4, 0.5) is 13.2 Å². The van der Waals surface area contributed by atoms with Gasteiger partial charge in [-0.1, -0.05) is 6.07 Å². The van der Waals surface area contributed by atoms with Crippen LogP contribution in [0.2, 0.25) is 0 Å². The highest BCUT2D eigenvalue weighted by Gasteiger charge is 2.33. The van der Waals surface area contributed by atoms with E-state index in [4.69, 9.17) is 0 Å². The molecular formula is C20H24ClF3N4O. The summed E-state index contributed by atoms with van der Waals surface area (Å²) in [7, 11) is 0. The molecule has 1 amide bonds. The van der Waals surface area contributed by atoms with Crippen molar-refractivity contribution in [2.45, 2.75) is 25.9 Å². The molecule has 2 saturated heterocycles. The van der Waals surface area contributed by atoms with Crippen LogP contribution < -0.4 is 5.32 Å². The van der Waals surface area contributed by atoms with Crippen molar-refractivity contribution in [2.75, 3.05) is 26.2 Å². The van der Waals surface area contributed by atoms with E-state index in [0.29, 0.717) is 41.9 Å². The summed E-state index contributed by atoms with van der Waals surface area (Å²) >= 11 is 0. The largest absolute Gasteiger partial charge is 0.416 e. The first-order valence-electron chi connectivity index (χ1n) is 9.57. The van der Waals surface area contributed by atoms with Gasteiger partial charge in [0.1, 0.15) is 0 Å². The van der Waals surface area contributed by atoms with Crippen molar-refractivity contribution in [1.82, 2.24) is 20.0 Å². The molecule has 2 aliphatic rings. The highest BCUT2D eigenvalue weighted by atomic mass is 35.5. The lowest BCUT2D eigenvalue weighted by molar-refractivity contribution is -0.137. The van der Waals surface area contributed by atoms with Gasteiger partial charge in [-0.15, -0.1) is 12.4 Å². The molecule has 1 aromatic carbocycles. The maximum absolute atomic E-state index is 13.0. The number of carbonyl (C=O) groups excluding carboxylic acids is 1. The number of carbonyl (C=O) groups is 1. The molecule has 2 atom stereocenters. The number of alkyl halides is 3. The first-order chi connectivity index (χ1) is 13.3. The number of hydrogen-bond donors (Lipinski definition) is 1. The van der Waals surface area contributed by atoms with Crippen LogP contribution in [-0.2, 0) is 6.18 Å². The quantitative estimate of drug-likeness (QED) is 0.793. The third-order valence-corrected chi connectivity index (χ3v) is 5.96. The van der Waals surface area contributed by atoms with Crippen LogP contribution in [0.25, 0.3) is 5.69 Å². The second-order valence-electron chi connectivity index (χ2n) is 7.65. The maximum Gasteiger partial charge on any atom is 0.416 e. The molecule has 1 N–H and O–H groups in total. The van der Waals surface area contributed by atoms with Gasteiger partial charge in [0.2, 0.25) is 0 Å². The predicted octanol–water partition coefficient (Wildman–Crippen LogP) is 3.69. The highest BCUT2D eigenvalue weighted by Crippen LogP contribution is 2.31. The highest BCUT2D eigenvalue weighted by molar-refractivity contribution is 5.95. The molecule has 0 spiro atoms. The van der Waals surface area contributed by atoms with Gasteiger partial charge in [-0.25, -0.2) is 4.68 Å². The molecule has 29 heavy (non-hydrogen) atoms. The van der Waals surface area contributed by atoms with Gasteiger partial charge in [0, 0.05) is 13.1 Å². The molecule has 2 aliphatic heterocycles. The molecule has 0 saturated carbocycles. The van der Waals surface area contributed by atoms with E-state index in [9.17, 15) is 18.0 Å². The molecular weight excluding hydrogens is 405 g/mol. The Morgan fingerprint density at radius 2 is 1.83 bits per heavy atom. The molecule has 9 heteroatoms. The van der Waals surface area contributed by atoms with Crippen LogP contribution in [0, 0.1) is 18.8 Å². The summed E-state index contributed by atoms with van der Waals surface area (Å²) in [6.45, 7) is 5.15. The number of hydrogen-bond acceptors (Lipinski definition) is 3. The van der Waals surface area contributed by atoms with Gasteiger partial charge in [-0.3, -0.25) is 4.79 Å². The molecule has 0 bridgehead atoms. The van der Waals surface area contributed by atoms with Gasteiger partial charge in [-0.2, -0.15) is 18.3 Å². The van der Waals surface area contributed by atoms with Crippen molar-refractivity contribution >= 4 is 18.3 Å². The summed E-state index contributed by atoms with van der Waals surface area (Å²) in [5, 5.41) is 7.61. The summed E-state index contributed by atoms with van der Waals surface area (Å²) in [5.41, 5.74) is 0.557. The third-order valence-electron chi connectivity index (χ3n) is 5.96. The fourth-order valence-electron chi connectivity index (χ4n) is 4.29. The number of halogens is 4. The summed E-state index contributed by atoms with van der Waals surface area (Å²) in [5.74, 6) is 1.14. The minimum atomic E-state index is -4.42. The van der Waals surface area contributed by atoms with Crippen LogP contribution in [0.3, 0.4) is 0 Å². The Hall–Kier alpha value is -2.06. The minimum Gasteiger partial charge on any atom is -0.339 e. The zero-order chi connectivity index (χ0) is 19.9. The van der Waals surface area contributed by atoms with Crippen molar-refractivity contribution < 1.29 is 18.0 Å². The Labute approximate surface area is 173 Å². The Morgan fingerprint density at radius 1 is 1.17 bits per heavy atom.